The zero-order valence-electron chi connectivity index (χ0n) is 16.3. The van der Waals surface area contributed by atoms with Crippen LogP contribution in [0.4, 0.5) is 0 Å². The fourth-order valence-corrected chi connectivity index (χ4v) is 3.12. The maximum atomic E-state index is 5.96. The number of ether oxygens (including phenoxy) is 2. The van der Waals surface area contributed by atoms with E-state index in [0.29, 0.717) is 12.5 Å². The second kappa shape index (κ2) is 12.2. The molecule has 2 atom stereocenters. The Morgan fingerprint density at radius 1 is 1.31 bits per heavy atom. The summed E-state index contributed by atoms with van der Waals surface area (Å²) in [6.45, 7) is 6.01. The minimum atomic E-state index is -0.00401. The Bertz CT molecular complexity index is 556. The lowest BCUT2D eigenvalue weighted by Crippen LogP contribution is -2.45. The van der Waals surface area contributed by atoms with E-state index in [1.807, 2.05) is 31.2 Å². The minimum absolute atomic E-state index is 0. The lowest BCUT2D eigenvalue weighted by molar-refractivity contribution is 0.208. The van der Waals surface area contributed by atoms with Crippen molar-refractivity contribution in [2.75, 3.05) is 47.4 Å². The predicted octanol–water partition coefficient (Wildman–Crippen LogP) is 2.59. The highest BCUT2D eigenvalue weighted by Crippen LogP contribution is 2.26. The van der Waals surface area contributed by atoms with Gasteiger partial charge in [-0.25, -0.2) is 0 Å². The van der Waals surface area contributed by atoms with E-state index in [1.165, 1.54) is 19.4 Å². The molecule has 2 N–H and O–H groups in total. The molecule has 1 aliphatic rings. The van der Waals surface area contributed by atoms with Crippen LogP contribution in [-0.4, -0.2) is 64.3 Å². The number of hydrogen-bond acceptors (Lipinski definition) is 4. The minimum Gasteiger partial charge on any atom is -0.493 e. The van der Waals surface area contributed by atoms with Gasteiger partial charge in [-0.3, -0.25) is 4.99 Å². The van der Waals surface area contributed by atoms with Gasteiger partial charge in [-0.15, -0.1) is 24.0 Å². The number of piperidine rings is 1. The number of halogens is 1. The molecule has 0 aliphatic carbocycles. The Balaban J connectivity index is 0.00000338. The second-order valence-electron chi connectivity index (χ2n) is 6.68. The van der Waals surface area contributed by atoms with E-state index in [-0.39, 0.29) is 30.1 Å². The largest absolute Gasteiger partial charge is 0.493 e. The summed E-state index contributed by atoms with van der Waals surface area (Å²) >= 11 is 0. The molecule has 2 rings (SSSR count). The number of rotatable bonds is 7. The van der Waals surface area contributed by atoms with Crippen molar-refractivity contribution in [2.45, 2.75) is 25.9 Å². The molecule has 0 saturated carbocycles. The number of para-hydroxylation sites is 2. The van der Waals surface area contributed by atoms with Crippen molar-refractivity contribution in [3.05, 3.63) is 24.3 Å². The first-order valence-electron chi connectivity index (χ1n) is 9.05. The maximum absolute atomic E-state index is 5.96. The van der Waals surface area contributed by atoms with Gasteiger partial charge in [0.1, 0.15) is 6.10 Å². The van der Waals surface area contributed by atoms with Crippen LogP contribution >= 0.6 is 24.0 Å². The van der Waals surface area contributed by atoms with Crippen LogP contribution in [0.1, 0.15) is 19.8 Å². The van der Waals surface area contributed by atoms with Crippen molar-refractivity contribution in [2.24, 2.45) is 10.9 Å². The normalized spacial score (nSPS) is 19.2. The molecular weight excluding hydrogens is 443 g/mol. The van der Waals surface area contributed by atoms with Crippen LogP contribution in [0.2, 0.25) is 0 Å². The second-order valence-corrected chi connectivity index (χ2v) is 6.68. The van der Waals surface area contributed by atoms with Crippen molar-refractivity contribution in [1.82, 2.24) is 15.5 Å². The smallest absolute Gasteiger partial charge is 0.191 e. The molecule has 1 aromatic rings. The van der Waals surface area contributed by atoms with E-state index in [4.69, 9.17) is 9.47 Å². The number of likely N-dealkylation sites (tertiary alicyclic amines) is 1. The van der Waals surface area contributed by atoms with Crippen LogP contribution in [0, 0.1) is 5.92 Å². The molecule has 1 aromatic carbocycles. The van der Waals surface area contributed by atoms with Gasteiger partial charge in [-0.05, 0) is 51.4 Å². The van der Waals surface area contributed by atoms with Gasteiger partial charge in [0.25, 0.3) is 0 Å². The number of aliphatic imine (C=N–C) groups is 1. The highest BCUT2D eigenvalue weighted by atomic mass is 127. The first kappa shape index (κ1) is 22.8. The average Bonchev–Trinajstić information content (AvgIpc) is 2.62. The van der Waals surface area contributed by atoms with Crippen molar-refractivity contribution in [3.8, 4) is 11.5 Å². The Kier molecular flexibility index (Phi) is 10.7. The van der Waals surface area contributed by atoms with Gasteiger partial charge in [0.05, 0.1) is 13.7 Å². The number of guanidine groups is 1. The number of methoxy groups -OCH3 is 1. The number of hydrogen-bond donors (Lipinski definition) is 2. The molecule has 7 heteroatoms. The van der Waals surface area contributed by atoms with Gasteiger partial charge in [-0.2, -0.15) is 0 Å². The number of nitrogens with zero attached hydrogens (tertiary/aromatic N) is 2. The molecule has 148 valence electrons. The van der Waals surface area contributed by atoms with Crippen LogP contribution in [0.25, 0.3) is 0 Å². The predicted molar refractivity (Wildman–Crippen MR) is 118 cm³/mol. The van der Waals surface area contributed by atoms with Crippen LogP contribution in [-0.2, 0) is 0 Å². The Labute approximate surface area is 174 Å². The Hall–Kier alpha value is -1.22. The first-order valence-corrected chi connectivity index (χ1v) is 9.05. The zero-order chi connectivity index (χ0) is 18.1. The summed E-state index contributed by atoms with van der Waals surface area (Å²) in [7, 11) is 5.64. The SMILES string of the molecule is CN=C(NCC1CCCN(C)C1)NCC(C)Oc1ccccc1OC.I. The van der Waals surface area contributed by atoms with Gasteiger partial charge in [0.2, 0.25) is 0 Å². The molecule has 6 nitrogen and oxygen atoms in total. The molecule has 0 aromatic heterocycles. The molecule has 1 aliphatic heterocycles. The van der Waals surface area contributed by atoms with Gasteiger partial charge >= 0.3 is 0 Å². The summed E-state index contributed by atoms with van der Waals surface area (Å²) in [6.07, 6.45) is 2.55. The Morgan fingerprint density at radius 3 is 2.69 bits per heavy atom. The monoisotopic (exact) mass is 476 g/mol. The van der Waals surface area contributed by atoms with Crippen molar-refractivity contribution >= 4 is 29.9 Å². The van der Waals surface area contributed by atoms with Crippen LogP contribution < -0.4 is 20.1 Å². The van der Waals surface area contributed by atoms with E-state index in [1.54, 1.807) is 14.2 Å². The maximum Gasteiger partial charge on any atom is 0.191 e. The van der Waals surface area contributed by atoms with E-state index in [0.717, 1.165) is 30.5 Å². The third-order valence-electron chi connectivity index (χ3n) is 4.46. The van der Waals surface area contributed by atoms with Crippen LogP contribution in [0.3, 0.4) is 0 Å². The number of nitrogens with one attached hydrogen (secondary N) is 2. The van der Waals surface area contributed by atoms with E-state index < -0.39 is 0 Å². The zero-order valence-corrected chi connectivity index (χ0v) is 18.7. The summed E-state index contributed by atoms with van der Waals surface area (Å²) in [5.41, 5.74) is 0. The molecule has 0 spiro atoms. The van der Waals surface area contributed by atoms with E-state index >= 15 is 0 Å². The van der Waals surface area contributed by atoms with Crippen LogP contribution in [0.15, 0.2) is 29.3 Å². The lowest BCUT2D eigenvalue weighted by Gasteiger charge is -2.30. The van der Waals surface area contributed by atoms with Crippen molar-refractivity contribution < 1.29 is 9.47 Å². The Morgan fingerprint density at radius 2 is 2.04 bits per heavy atom. The molecule has 0 radical (unpaired) electrons. The van der Waals surface area contributed by atoms with Gasteiger partial charge < -0.3 is 25.0 Å². The van der Waals surface area contributed by atoms with Crippen LogP contribution in [0.5, 0.6) is 11.5 Å². The molecule has 0 bridgehead atoms. The summed E-state index contributed by atoms with van der Waals surface area (Å²) in [6, 6.07) is 7.70. The third-order valence-corrected chi connectivity index (χ3v) is 4.46. The summed E-state index contributed by atoms with van der Waals surface area (Å²) in [5.74, 6) is 3.01. The van der Waals surface area contributed by atoms with Gasteiger partial charge in [0, 0.05) is 20.1 Å². The fraction of sp³-hybridized carbons (Fsp3) is 0.632. The average molecular weight is 476 g/mol. The molecular formula is C19H33IN4O2. The number of benzene rings is 1. The highest BCUT2D eigenvalue weighted by Gasteiger charge is 2.17. The third kappa shape index (κ3) is 7.57. The van der Waals surface area contributed by atoms with Crippen molar-refractivity contribution in [3.63, 3.8) is 0 Å². The molecule has 26 heavy (non-hydrogen) atoms. The molecule has 2 unspecified atom stereocenters. The fourth-order valence-electron chi connectivity index (χ4n) is 3.12. The highest BCUT2D eigenvalue weighted by molar-refractivity contribution is 14.0. The molecule has 1 heterocycles. The molecule has 1 fully saturated rings. The first-order chi connectivity index (χ1) is 12.1. The van der Waals surface area contributed by atoms with Gasteiger partial charge in [-0.1, -0.05) is 12.1 Å². The van der Waals surface area contributed by atoms with Crippen molar-refractivity contribution in [1.29, 1.82) is 0 Å². The quantitative estimate of drug-likeness (QED) is 0.360. The standard InChI is InChI=1S/C19H32N4O2.HI/c1-15(25-18-10-6-5-9-17(18)24-4)12-21-19(20-2)22-13-16-8-7-11-23(3)14-16;/h5-6,9-10,15-16H,7-8,11-14H2,1-4H3,(H2,20,21,22);1H. The summed E-state index contributed by atoms with van der Waals surface area (Å²) < 4.78 is 11.3. The van der Waals surface area contributed by atoms with E-state index in [2.05, 4.69) is 27.6 Å². The van der Waals surface area contributed by atoms with E-state index in [9.17, 15) is 0 Å². The van der Waals surface area contributed by atoms with Gasteiger partial charge in [0.15, 0.2) is 17.5 Å². The summed E-state index contributed by atoms with van der Waals surface area (Å²) in [5, 5.41) is 6.77. The lowest BCUT2D eigenvalue weighted by atomic mass is 9.99. The molecule has 1 saturated heterocycles. The molecule has 0 amide bonds. The topological polar surface area (TPSA) is 58.1 Å². The summed E-state index contributed by atoms with van der Waals surface area (Å²) in [4.78, 5) is 6.70.